The Labute approximate surface area is 174 Å². The van der Waals surface area contributed by atoms with Crippen LogP contribution >= 0.6 is 0 Å². The second-order valence-electron chi connectivity index (χ2n) is 6.95. The van der Waals surface area contributed by atoms with Crippen molar-refractivity contribution in [1.82, 2.24) is 9.97 Å². The van der Waals surface area contributed by atoms with Gasteiger partial charge in [0, 0.05) is 23.3 Å². The molecular formula is C24H21N3O3. The molecule has 6 heteroatoms. The van der Waals surface area contributed by atoms with Crippen molar-refractivity contribution in [2.45, 2.75) is 20.3 Å². The van der Waals surface area contributed by atoms with Crippen LogP contribution in [0.3, 0.4) is 0 Å². The maximum atomic E-state index is 11.4. The van der Waals surface area contributed by atoms with Crippen LogP contribution in [-0.2, 0) is 6.42 Å². The average Bonchev–Trinajstić information content (AvgIpc) is 2.76. The van der Waals surface area contributed by atoms with Crippen molar-refractivity contribution in [3.8, 4) is 11.6 Å². The van der Waals surface area contributed by atoms with Crippen molar-refractivity contribution in [3.05, 3.63) is 83.6 Å². The fourth-order valence-corrected chi connectivity index (χ4v) is 3.30. The van der Waals surface area contributed by atoms with E-state index in [9.17, 15) is 9.90 Å². The molecule has 0 atom stereocenters. The highest BCUT2D eigenvalue weighted by Gasteiger charge is 2.10. The summed E-state index contributed by atoms with van der Waals surface area (Å²) in [4.78, 5) is 20.0. The summed E-state index contributed by atoms with van der Waals surface area (Å²) < 4.78 is 6.05. The number of fused-ring (bicyclic) bond motifs is 1. The van der Waals surface area contributed by atoms with Crippen molar-refractivity contribution in [1.29, 1.82) is 0 Å². The third kappa shape index (κ3) is 4.07. The highest BCUT2D eigenvalue weighted by molar-refractivity contribution is 5.91. The lowest BCUT2D eigenvalue weighted by molar-refractivity contribution is 0.0697. The number of carboxylic acids is 1. The minimum absolute atomic E-state index is 0.218. The van der Waals surface area contributed by atoms with Crippen LogP contribution in [0.15, 0.2) is 66.9 Å². The van der Waals surface area contributed by atoms with E-state index in [0.717, 1.165) is 22.8 Å². The third-order valence-corrected chi connectivity index (χ3v) is 4.85. The highest BCUT2D eigenvalue weighted by Crippen LogP contribution is 2.31. The van der Waals surface area contributed by atoms with Gasteiger partial charge in [0.25, 0.3) is 0 Å². The molecule has 150 valence electrons. The number of ether oxygens (including phenoxy) is 1. The number of hydrogen-bond acceptors (Lipinski definition) is 5. The summed E-state index contributed by atoms with van der Waals surface area (Å²) in [6, 6.07) is 18.8. The van der Waals surface area contributed by atoms with Crippen molar-refractivity contribution < 1.29 is 14.6 Å². The molecule has 0 unspecified atom stereocenters. The van der Waals surface area contributed by atoms with Gasteiger partial charge in [-0.2, -0.15) is 4.98 Å². The Morgan fingerprint density at radius 3 is 2.63 bits per heavy atom. The summed E-state index contributed by atoms with van der Waals surface area (Å²) in [7, 11) is 0. The molecular weight excluding hydrogens is 378 g/mol. The van der Waals surface area contributed by atoms with Gasteiger partial charge in [0.1, 0.15) is 5.75 Å². The zero-order chi connectivity index (χ0) is 21.1. The van der Waals surface area contributed by atoms with Gasteiger partial charge in [-0.05, 0) is 54.1 Å². The quantitative estimate of drug-likeness (QED) is 0.430. The van der Waals surface area contributed by atoms with E-state index in [1.54, 1.807) is 24.4 Å². The molecule has 3 aromatic carbocycles. The van der Waals surface area contributed by atoms with Crippen LogP contribution in [-0.4, -0.2) is 21.0 Å². The Kier molecular flexibility index (Phi) is 5.30. The predicted molar refractivity (Wildman–Crippen MR) is 117 cm³/mol. The van der Waals surface area contributed by atoms with Crippen molar-refractivity contribution in [2.24, 2.45) is 0 Å². The molecule has 0 bridgehead atoms. The van der Waals surface area contributed by atoms with Crippen LogP contribution in [0.2, 0.25) is 0 Å². The van der Waals surface area contributed by atoms with E-state index in [1.807, 2.05) is 43.3 Å². The van der Waals surface area contributed by atoms with Gasteiger partial charge in [-0.15, -0.1) is 0 Å². The average molecular weight is 399 g/mol. The fourth-order valence-electron chi connectivity index (χ4n) is 3.30. The molecule has 0 saturated heterocycles. The second kappa shape index (κ2) is 8.21. The molecule has 0 amide bonds. The molecule has 1 heterocycles. The van der Waals surface area contributed by atoms with Gasteiger partial charge in [-0.3, -0.25) is 0 Å². The van der Waals surface area contributed by atoms with E-state index in [2.05, 4.69) is 28.3 Å². The van der Waals surface area contributed by atoms with E-state index in [-0.39, 0.29) is 5.56 Å². The Morgan fingerprint density at radius 2 is 1.87 bits per heavy atom. The van der Waals surface area contributed by atoms with E-state index < -0.39 is 5.97 Å². The molecule has 1 aromatic heterocycles. The Bertz CT molecular complexity index is 1240. The van der Waals surface area contributed by atoms with Crippen molar-refractivity contribution >= 4 is 28.4 Å². The van der Waals surface area contributed by atoms with E-state index in [4.69, 9.17) is 4.74 Å². The molecule has 0 saturated carbocycles. The molecule has 4 aromatic rings. The number of hydrogen-bond donors (Lipinski definition) is 2. The molecule has 4 rings (SSSR count). The van der Waals surface area contributed by atoms with Gasteiger partial charge in [-0.25, -0.2) is 9.78 Å². The zero-order valence-electron chi connectivity index (χ0n) is 16.7. The molecule has 0 aliphatic carbocycles. The van der Waals surface area contributed by atoms with Crippen LogP contribution in [0.4, 0.5) is 11.6 Å². The molecule has 6 nitrogen and oxygen atoms in total. The van der Waals surface area contributed by atoms with E-state index >= 15 is 0 Å². The van der Waals surface area contributed by atoms with Crippen molar-refractivity contribution in [3.63, 3.8) is 0 Å². The molecule has 0 fully saturated rings. The molecule has 0 spiro atoms. The summed E-state index contributed by atoms with van der Waals surface area (Å²) in [5.41, 5.74) is 2.92. The minimum Gasteiger partial charge on any atom is -0.478 e. The molecule has 0 aliphatic heterocycles. The Morgan fingerprint density at radius 1 is 1.07 bits per heavy atom. The first-order valence-electron chi connectivity index (χ1n) is 9.67. The first-order chi connectivity index (χ1) is 14.5. The van der Waals surface area contributed by atoms with Crippen LogP contribution < -0.4 is 10.1 Å². The number of rotatable bonds is 6. The monoisotopic (exact) mass is 399 g/mol. The van der Waals surface area contributed by atoms with Crippen LogP contribution in [0.1, 0.15) is 28.4 Å². The topological polar surface area (TPSA) is 84.3 Å². The minimum atomic E-state index is -0.974. The maximum Gasteiger partial charge on any atom is 0.335 e. The summed E-state index contributed by atoms with van der Waals surface area (Å²) in [5, 5.41) is 14.5. The van der Waals surface area contributed by atoms with Gasteiger partial charge >= 0.3 is 5.97 Å². The largest absolute Gasteiger partial charge is 0.478 e. The summed E-state index contributed by atoms with van der Waals surface area (Å²) >= 11 is 0. The van der Waals surface area contributed by atoms with Crippen LogP contribution in [0, 0.1) is 6.92 Å². The lowest BCUT2D eigenvalue weighted by Gasteiger charge is -2.12. The van der Waals surface area contributed by atoms with Gasteiger partial charge in [0.05, 0.1) is 5.56 Å². The number of nitrogens with zero attached hydrogens (tertiary/aromatic N) is 2. The van der Waals surface area contributed by atoms with E-state index in [0.29, 0.717) is 23.3 Å². The standard InChI is InChI=1S/C24H21N3O3/c1-3-16-12-17(23(28)29)14-18(13-16)26-24-25-11-10-22(27-24)30-21-9-8-15(2)19-6-4-5-7-20(19)21/h4-14H,3H2,1-2H3,(H,28,29)(H,25,26,27). The molecule has 0 aliphatic rings. The number of aromatic carboxylic acids is 1. The molecule has 30 heavy (non-hydrogen) atoms. The number of carbonyl (C=O) groups is 1. The Hall–Kier alpha value is -3.93. The smallest absolute Gasteiger partial charge is 0.335 e. The van der Waals surface area contributed by atoms with Crippen molar-refractivity contribution in [2.75, 3.05) is 5.32 Å². The first-order valence-corrected chi connectivity index (χ1v) is 9.67. The summed E-state index contributed by atoms with van der Waals surface area (Å²) in [6.07, 6.45) is 2.32. The zero-order valence-corrected chi connectivity index (χ0v) is 16.7. The summed E-state index contributed by atoms with van der Waals surface area (Å²) in [6.45, 7) is 4.04. The normalized spacial score (nSPS) is 10.7. The maximum absolute atomic E-state index is 11.4. The fraction of sp³-hybridized carbons (Fsp3) is 0.125. The SMILES string of the molecule is CCc1cc(Nc2nccc(Oc3ccc(C)c4ccccc34)n2)cc(C(=O)O)c1. The number of nitrogens with one attached hydrogen (secondary N) is 1. The number of aryl methyl sites for hydroxylation is 2. The summed E-state index contributed by atoms with van der Waals surface area (Å²) in [5.74, 6) is 0.458. The highest BCUT2D eigenvalue weighted by atomic mass is 16.5. The van der Waals surface area contributed by atoms with Gasteiger partial charge in [0.2, 0.25) is 11.8 Å². The van der Waals surface area contributed by atoms with Gasteiger partial charge in [0.15, 0.2) is 0 Å². The van der Waals surface area contributed by atoms with Gasteiger partial charge in [-0.1, -0.05) is 37.3 Å². The lowest BCUT2D eigenvalue weighted by atomic mass is 10.1. The third-order valence-electron chi connectivity index (χ3n) is 4.85. The molecule has 0 radical (unpaired) electrons. The molecule has 2 N–H and O–H groups in total. The predicted octanol–water partition coefficient (Wildman–Crippen LogP) is 5.73. The first kappa shape index (κ1) is 19.4. The number of anilines is 2. The van der Waals surface area contributed by atoms with E-state index in [1.165, 1.54) is 5.56 Å². The number of benzene rings is 3. The number of carboxylic acid groups (broad SMARTS) is 1. The number of aromatic nitrogens is 2. The van der Waals surface area contributed by atoms with Crippen LogP contribution in [0.5, 0.6) is 11.6 Å². The van der Waals surface area contributed by atoms with Gasteiger partial charge < -0.3 is 15.2 Å². The Balaban J connectivity index is 1.62. The lowest BCUT2D eigenvalue weighted by Crippen LogP contribution is -2.02. The second-order valence-corrected chi connectivity index (χ2v) is 6.95. The van der Waals surface area contributed by atoms with Crippen LogP contribution in [0.25, 0.3) is 10.8 Å².